The smallest absolute Gasteiger partial charge is 0.342 e. The molecule has 1 fully saturated rings. The summed E-state index contributed by atoms with van der Waals surface area (Å²) in [6.45, 7) is 34.1. The number of hydrogen-bond donors (Lipinski definition) is 0. The lowest BCUT2D eigenvalue weighted by Crippen LogP contribution is -2.67. The Morgan fingerprint density at radius 3 is 1.81 bits per heavy atom. The Morgan fingerprint density at radius 1 is 0.720 bits per heavy atom. The first-order chi connectivity index (χ1) is 35.3. The maximum absolute atomic E-state index is 14.8. The number of carbonyl (C=O) groups is 1. The van der Waals surface area contributed by atoms with Gasteiger partial charge in [0.15, 0.2) is 20.9 Å². The Bertz CT molecular complexity index is 2550. The molecule has 0 spiro atoms. The van der Waals surface area contributed by atoms with Crippen LogP contribution in [0.4, 0.5) is 0 Å². The van der Waals surface area contributed by atoms with Gasteiger partial charge in [-0.05, 0) is 114 Å². The minimum atomic E-state index is -2.84. The molecule has 1 heterocycles. The average molecular weight is 1090 g/mol. The van der Waals surface area contributed by atoms with Gasteiger partial charge in [-0.15, -0.1) is 11.8 Å². The summed E-state index contributed by atoms with van der Waals surface area (Å²) >= 11 is 1.74. The molecule has 1 saturated heterocycles. The lowest BCUT2D eigenvalue weighted by Gasteiger charge is -2.45. The summed E-state index contributed by atoms with van der Waals surface area (Å²) in [5.74, 6) is -0.844. The van der Waals surface area contributed by atoms with E-state index >= 15 is 0 Å². The second kappa shape index (κ2) is 25.6. The molecule has 1 aliphatic rings. The van der Waals surface area contributed by atoms with Crippen LogP contribution < -0.4 is 15.1 Å². The van der Waals surface area contributed by atoms with Crippen LogP contribution in [0.15, 0.2) is 151 Å². The predicted molar refractivity (Wildman–Crippen MR) is 319 cm³/mol. The van der Waals surface area contributed by atoms with E-state index in [0.29, 0.717) is 30.8 Å². The highest BCUT2D eigenvalue weighted by atomic mass is 32.2. The monoisotopic (exact) mass is 1090 g/mol. The van der Waals surface area contributed by atoms with Gasteiger partial charge >= 0.3 is 5.97 Å². The molecule has 406 valence electrons. The third kappa shape index (κ3) is 15.6. The molecule has 6 rings (SSSR count). The first-order valence-electron chi connectivity index (χ1n) is 27.0. The van der Waals surface area contributed by atoms with E-state index in [1.54, 1.807) is 18.9 Å². The van der Waals surface area contributed by atoms with Crippen LogP contribution >= 0.6 is 11.8 Å². The number of carbonyl (C=O) groups excluding carboxylic acids is 1. The van der Waals surface area contributed by atoms with Gasteiger partial charge in [0, 0.05) is 31.4 Å². The van der Waals surface area contributed by atoms with Gasteiger partial charge in [0.1, 0.15) is 17.4 Å². The van der Waals surface area contributed by atoms with E-state index in [-0.39, 0.29) is 40.2 Å². The molecule has 0 aliphatic carbocycles. The first kappa shape index (κ1) is 60.1. The Balaban J connectivity index is 1.42. The van der Waals surface area contributed by atoms with Crippen molar-refractivity contribution in [3.63, 3.8) is 0 Å². The van der Waals surface area contributed by atoms with E-state index in [9.17, 15) is 4.79 Å². The van der Waals surface area contributed by atoms with Crippen LogP contribution in [0.25, 0.3) is 11.1 Å². The fraction of sp³-hybridized carbons (Fsp3) is 0.476. The van der Waals surface area contributed by atoms with E-state index in [4.69, 9.17) is 32.5 Å². The molecule has 8 nitrogen and oxygen atoms in total. The Morgan fingerprint density at radius 2 is 1.28 bits per heavy atom. The highest BCUT2D eigenvalue weighted by Crippen LogP contribution is 2.49. The third-order valence-electron chi connectivity index (χ3n) is 14.9. The van der Waals surface area contributed by atoms with Gasteiger partial charge in [0.25, 0.3) is 8.32 Å². The van der Waals surface area contributed by atoms with Gasteiger partial charge < -0.3 is 32.5 Å². The van der Waals surface area contributed by atoms with Gasteiger partial charge in [-0.3, -0.25) is 0 Å². The molecular formula is C63H88O8SSi3. The standard InChI is InChI=1S/C63H88O8SSi3/c1-46(47(2)70-75(62(6,7)8,50-33-25-19-26-34-50)51-35-27-20-28-36-51)37-39-55(71-74(15,16)61(3,4)5)59-54(68-63(9,10)69-59)41-42-56(72-49-31-23-18-24-32-49)57-52(48-29-21-17-22-30-48)38-40-53(67-45-65-11)58(57)60(64)66-43-44-73(12,13)14/h17-40,46-47,54-56,59H,41-45H2,1-16H3/b39-37-/t46-,47-,54+,55?,56?,59+/m1/s1. The van der Waals surface area contributed by atoms with Crippen LogP contribution in [0.1, 0.15) is 103 Å². The summed E-state index contributed by atoms with van der Waals surface area (Å²) in [5, 5.41) is 2.02. The van der Waals surface area contributed by atoms with Crippen molar-refractivity contribution in [1.29, 1.82) is 0 Å². The van der Waals surface area contributed by atoms with E-state index in [1.165, 1.54) is 10.4 Å². The van der Waals surface area contributed by atoms with Crippen molar-refractivity contribution in [3.8, 4) is 16.9 Å². The number of esters is 1. The zero-order valence-electron chi connectivity index (χ0n) is 48.0. The van der Waals surface area contributed by atoms with E-state index in [0.717, 1.165) is 27.6 Å². The normalized spacial score (nSPS) is 18.1. The van der Waals surface area contributed by atoms with Crippen molar-refractivity contribution in [2.24, 2.45) is 5.92 Å². The van der Waals surface area contributed by atoms with E-state index in [2.05, 4.69) is 203 Å². The molecule has 75 heavy (non-hydrogen) atoms. The van der Waals surface area contributed by atoms with E-state index in [1.807, 2.05) is 44.2 Å². The SMILES string of the molecule is COCOc1ccc(-c2ccccc2)c(C(CC[C@@H]2OC(C)(C)O[C@@H]2C(/C=C\[C@@H](C)[C@@H](C)O[Si](c2ccccc2)(c2ccccc2)C(C)(C)C)O[Si](C)(C)C(C)(C)C)Sc2ccccc2)c1C(=O)OCC[Si](C)(C)C. The van der Waals surface area contributed by atoms with Gasteiger partial charge in [-0.1, -0.05) is 196 Å². The maximum Gasteiger partial charge on any atom is 0.342 e. The summed E-state index contributed by atoms with van der Waals surface area (Å²) in [4.78, 5) is 15.9. The Hall–Kier alpha value is -4.09. The average Bonchev–Trinajstić information content (AvgIpc) is 3.68. The van der Waals surface area contributed by atoms with Gasteiger partial charge in [0.2, 0.25) is 0 Å². The molecule has 0 amide bonds. The van der Waals surface area contributed by atoms with Crippen LogP contribution in [0, 0.1) is 5.92 Å². The zero-order valence-corrected chi connectivity index (χ0v) is 51.8. The molecule has 1 aliphatic heterocycles. The second-order valence-corrected chi connectivity index (χ2v) is 40.4. The van der Waals surface area contributed by atoms with Crippen molar-refractivity contribution in [1.82, 2.24) is 0 Å². The quantitative estimate of drug-likeness (QED) is 0.0197. The Kier molecular flexibility index (Phi) is 20.5. The molecule has 0 radical (unpaired) electrons. The number of ether oxygens (including phenoxy) is 5. The van der Waals surface area contributed by atoms with Crippen molar-refractivity contribution < 1.29 is 37.3 Å². The van der Waals surface area contributed by atoms with Gasteiger partial charge in [-0.2, -0.15) is 0 Å². The topological polar surface area (TPSA) is 81.7 Å². The number of rotatable bonds is 24. The van der Waals surface area contributed by atoms with Crippen LogP contribution in [0.2, 0.25) is 48.9 Å². The molecular weight excluding hydrogens is 1000 g/mol. The molecule has 5 aromatic carbocycles. The van der Waals surface area contributed by atoms with Crippen molar-refractivity contribution in [2.45, 2.75) is 171 Å². The third-order valence-corrected chi connectivity index (χ3v) is 27.5. The zero-order chi connectivity index (χ0) is 54.8. The number of hydrogen-bond acceptors (Lipinski definition) is 9. The molecule has 5 aromatic rings. The predicted octanol–water partition coefficient (Wildman–Crippen LogP) is 15.5. The van der Waals surface area contributed by atoms with Crippen LogP contribution in [-0.2, 0) is 27.8 Å². The maximum atomic E-state index is 14.8. The summed E-state index contributed by atoms with van der Waals surface area (Å²) in [5.41, 5.74) is 3.21. The molecule has 0 saturated carbocycles. The van der Waals surface area contributed by atoms with Crippen molar-refractivity contribution in [2.75, 3.05) is 20.5 Å². The largest absolute Gasteiger partial charge is 0.467 e. The van der Waals surface area contributed by atoms with E-state index < -0.39 is 48.7 Å². The molecule has 0 bridgehead atoms. The van der Waals surface area contributed by atoms with Crippen molar-refractivity contribution in [3.05, 3.63) is 157 Å². The highest BCUT2D eigenvalue weighted by molar-refractivity contribution is 7.99. The fourth-order valence-electron chi connectivity index (χ4n) is 9.64. The Labute approximate surface area is 458 Å². The second-order valence-electron chi connectivity index (χ2n) is 24.5. The van der Waals surface area contributed by atoms with Gasteiger partial charge in [-0.25, -0.2) is 4.79 Å². The molecule has 6 atom stereocenters. The van der Waals surface area contributed by atoms with Crippen molar-refractivity contribution >= 4 is 52.8 Å². The minimum absolute atomic E-state index is 0.0190. The summed E-state index contributed by atoms with van der Waals surface area (Å²) in [7, 11) is -5.18. The molecule has 0 N–H and O–H groups in total. The minimum Gasteiger partial charge on any atom is -0.467 e. The number of methoxy groups -OCH3 is 1. The van der Waals surface area contributed by atoms with Crippen LogP contribution in [0.5, 0.6) is 5.75 Å². The highest BCUT2D eigenvalue weighted by Gasteiger charge is 2.52. The van der Waals surface area contributed by atoms with Gasteiger partial charge in [0.05, 0.1) is 18.8 Å². The summed E-state index contributed by atoms with van der Waals surface area (Å²) < 4.78 is 47.1. The van der Waals surface area contributed by atoms with Crippen LogP contribution in [-0.4, -0.2) is 81.4 Å². The number of thioether (sulfide) groups is 1. The first-order valence-corrected chi connectivity index (χ1v) is 36.4. The molecule has 12 heteroatoms. The lowest BCUT2D eigenvalue weighted by molar-refractivity contribution is -0.152. The fourth-order valence-corrected chi connectivity index (χ4v) is 17.6. The molecule has 0 aromatic heterocycles. The summed E-state index contributed by atoms with van der Waals surface area (Å²) in [6, 6.07) is 47.2. The van der Waals surface area contributed by atoms with Crippen LogP contribution in [0.3, 0.4) is 0 Å². The molecule has 2 unspecified atom stereocenters. The summed E-state index contributed by atoms with van der Waals surface area (Å²) in [6.07, 6.45) is 4.40. The lowest BCUT2D eigenvalue weighted by atomic mass is 9.89. The number of benzene rings is 5.